The predicted octanol–water partition coefficient (Wildman–Crippen LogP) is 4.61. The summed E-state index contributed by atoms with van der Waals surface area (Å²) in [7, 11) is 0. The van der Waals surface area contributed by atoms with E-state index in [2.05, 4.69) is 20.9 Å². The van der Waals surface area contributed by atoms with Crippen LogP contribution in [0.2, 0.25) is 5.02 Å². The minimum absolute atomic E-state index is 0.380. The Morgan fingerprint density at radius 3 is 2.75 bits per heavy atom. The summed E-state index contributed by atoms with van der Waals surface area (Å²) in [5, 5.41) is 1.30. The lowest BCUT2D eigenvalue weighted by Crippen LogP contribution is -2.02. The largest absolute Gasteiger partial charge is 0.490 e. The third kappa shape index (κ3) is 3.64. The zero-order valence-corrected chi connectivity index (χ0v) is 13.4. The van der Waals surface area contributed by atoms with Crippen LogP contribution >= 0.6 is 27.5 Å². The summed E-state index contributed by atoms with van der Waals surface area (Å²) in [6.07, 6.45) is 3.31. The lowest BCUT2D eigenvalue weighted by molar-refractivity contribution is 0.267. The van der Waals surface area contributed by atoms with Crippen LogP contribution in [0.5, 0.6) is 11.5 Å². The molecule has 0 aliphatic carbocycles. The van der Waals surface area contributed by atoms with Gasteiger partial charge in [-0.1, -0.05) is 39.7 Å². The molecule has 0 N–H and O–H groups in total. The summed E-state index contributed by atoms with van der Waals surface area (Å²) in [4.78, 5) is 3.96. The van der Waals surface area contributed by atoms with Gasteiger partial charge in [0.2, 0.25) is 0 Å². The van der Waals surface area contributed by atoms with Crippen LogP contribution in [0.3, 0.4) is 0 Å². The highest BCUT2D eigenvalue weighted by Crippen LogP contribution is 2.33. The Hall–Kier alpha value is -1.26. The minimum atomic E-state index is 0.380. The second kappa shape index (κ2) is 7.50. The molecule has 0 atom stereocenters. The third-order valence-electron chi connectivity index (χ3n) is 2.73. The number of benzene rings is 1. The molecule has 0 saturated carbocycles. The van der Waals surface area contributed by atoms with E-state index in [-0.39, 0.29) is 0 Å². The normalized spacial score (nSPS) is 10.3. The van der Waals surface area contributed by atoms with Crippen molar-refractivity contribution in [3.05, 3.63) is 52.8 Å². The van der Waals surface area contributed by atoms with E-state index in [1.165, 1.54) is 0 Å². The van der Waals surface area contributed by atoms with Gasteiger partial charge >= 0.3 is 0 Å². The molecule has 3 nitrogen and oxygen atoms in total. The number of aromatic nitrogens is 1. The highest BCUT2D eigenvalue weighted by atomic mass is 79.9. The average molecular weight is 357 g/mol. The summed E-state index contributed by atoms with van der Waals surface area (Å²) in [6.45, 7) is 2.92. The molecular weight excluding hydrogens is 342 g/mol. The molecule has 1 aromatic heterocycles. The van der Waals surface area contributed by atoms with Crippen LogP contribution in [-0.4, -0.2) is 11.6 Å². The summed E-state index contributed by atoms with van der Waals surface area (Å²) >= 11 is 9.54. The van der Waals surface area contributed by atoms with Crippen molar-refractivity contribution in [2.45, 2.75) is 18.9 Å². The lowest BCUT2D eigenvalue weighted by Gasteiger charge is -2.15. The maximum absolute atomic E-state index is 6.08. The standard InChI is InChI=1S/C15H15BrClNO2/c1-2-19-14-5-3-4-11(8-16)15(14)20-10-12-6-7-18-9-13(12)17/h3-7,9H,2,8,10H2,1H3. The minimum Gasteiger partial charge on any atom is -0.490 e. The quantitative estimate of drug-likeness (QED) is 0.708. The first-order chi connectivity index (χ1) is 9.76. The summed E-state index contributed by atoms with van der Waals surface area (Å²) in [6, 6.07) is 7.70. The fraction of sp³-hybridized carbons (Fsp3) is 0.267. The lowest BCUT2D eigenvalue weighted by atomic mass is 10.2. The van der Waals surface area contributed by atoms with Crippen LogP contribution in [0.15, 0.2) is 36.7 Å². The van der Waals surface area contributed by atoms with E-state index in [0.717, 1.165) is 22.6 Å². The third-order valence-corrected chi connectivity index (χ3v) is 3.68. The molecule has 1 aromatic carbocycles. The summed E-state index contributed by atoms with van der Waals surface area (Å²) in [5.74, 6) is 1.49. The molecule has 5 heteroatoms. The molecule has 20 heavy (non-hydrogen) atoms. The Morgan fingerprint density at radius 2 is 2.05 bits per heavy atom. The van der Waals surface area contributed by atoms with E-state index in [1.54, 1.807) is 12.4 Å². The first-order valence-corrected chi connectivity index (χ1v) is 7.78. The predicted molar refractivity (Wildman–Crippen MR) is 83.8 cm³/mol. The van der Waals surface area contributed by atoms with Crippen molar-refractivity contribution in [3.8, 4) is 11.5 Å². The van der Waals surface area contributed by atoms with E-state index >= 15 is 0 Å². The van der Waals surface area contributed by atoms with E-state index in [1.807, 2.05) is 31.2 Å². The molecule has 0 amide bonds. The number of ether oxygens (including phenoxy) is 2. The van der Waals surface area contributed by atoms with Crippen molar-refractivity contribution in [1.82, 2.24) is 4.98 Å². The molecule has 106 valence electrons. The summed E-state index contributed by atoms with van der Waals surface area (Å²) in [5.41, 5.74) is 1.94. The topological polar surface area (TPSA) is 31.4 Å². The molecular formula is C15H15BrClNO2. The maximum atomic E-state index is 6.08. The Kier molecular flexibility index (Phi) is 5.68. The monoisotopic (exact) mass is 355 g/mol. The molecule has 0 aliphatic rings. The number of hydrogen-bond donors (Lipinski definition) is 0. The first-order valence-electron chi connectivity index (χ1n) is 6.28. The Labute approximate surface area is 132 Å². The molecule has 2 aromatic rings. The zero-order valence-electron chi connectivity index (χ0n) is 11.1. The Bertz CT molecular complexity index is 578. The van der Waals surface area contributed by atoms with Crippen molar-refractivity contribution in [2.75, 3.05) is 6.61 Å². The fourth-order valence-corrected chi connectivity index (χ4v) is 2.39. The van der Waals surface area contributed by atoms with Crippen molar-refractivity contribution in [1.29, 1.82) is 0 Å². The van der Waals surface area contributed by atoms with Gasteiger partial charge in [-0.25, -0.2) is 0 Å². The molecule has 0 aliphatic heterocycles. The SMILES string of the molecule is CCOc1cccc(CBr)c1OCc1ccncc1Cl. The van der Waals surface area contributed by atoms with Crippen LogP contribution in [-0.2, 0) is 11.9 Å². The van der Waals surface area contributed by atoms with Crippen LogP contribution in [0.4, 0.5) is 0 Å². The van der Waals surface area contributed by atoms with Crippen LogP contribution in [0, 0.1) is 0 Å². The number of pyridine rings is 1. The molecule has 1 heterocycles. The van der Waals surface area contributed by atoms with Gasteiger partial charge in [-0.05, 0) is 19.1 Å². The molecule has 0 saturated heterocycles. The number of hydrogen-bond acceptors (Lipinski definition) is 3. The van der Waals surface area contributed by atoms with E-state index in [9.17, 15) is 0 Å². The van der Waals surface area contributed by atoms with Gasteiger partial charge < -0.3 is 9.47 Å². The van der Waals surface area contributed by atoms with Gasteiger partial charge in [0.25, 0.3) is 0 Å². The highest BCUT2D eigenvalue weighted by Gasteiger charge is 2.11. The smallest absolute Gasteiger partial charge is 0.165 e. The van der Waals surface area contributed by atoms with Gasteiger partial charge in [0.05, 0.1) is 11.6 Å². The molecule has 0 unspecified atom stereocenters. The number of nitrogens with zero attached hydrogens (tertiary/aromatic N) is 1. The molecule has 0 fully saturated rings. The van der Waals surface area contributed by atoms with E-state index in [0.29, 0.717) is 23.6 Å². The highest BCUT2D eigenvalue weighted by molar-refractivity contribution is 9.08. The van der Waals surface area contributed by atoms with E-state index in [4.69, 9.17) is 21.1 Å². The van der Waals surface area contributed by atoms with Crippen molar-refractivity contribution in [2.24, 2.45) is 0 Å². The van der Waals surface area contributed by atoms with Gasteiger partial charge in [0, 0.05) is 28.9 Å². The Balaban J connectivity index is 2.21. The first kappa shape index (κ1) is 15.1. The summed E-state index contributed by atoms with van der Waals surface area (Å²) < 4.78 is 11.5. The molecule has 2 rings (SSSR count). The molecule has 0 bridgehead atoms. The average Bonchev–Trinajstić information content (AvgIpc) is 2.47. The van der Waals surface area contributed by atoms with Crippen LogP contribution in [0.25, 0.3) is 0 Å². The van der Waals surface area contributed by atoms with Gasteiger partial charge in [-0.15, -0.1) is 0 Å². The van der Waals surface area contributed by atoms with Crippen molar-refractivity contribution < 1.29 is 9.47 Å². The van der Waals surface area contributed by atoms with Gasteiger partial charge in [0.1, 0.15) is 6.61 Å². The van der Waals surface area contributed by atoms with Crippen LogP contribution < -0.4 is 9.47 Å². The number of para-hydroxylation sites is 1. The van der Waals surface area contributed by atoms with Crippen LogP contribution in [0.1, 0.15) is 18.1 Å². The Morgan fingerprint density at radius 1 is 1.20 bits per heavy atom. The van der Waals surface area contributed by atoms with Gasteiger partial charge in [-0.3, -0.25) is 4.98 Å². The van der Waals surface area contributed by atoms with Crippen molar-refractivity contribution >= 4 is 27.5 Å². The van der Waals surface area contributed by atoms with Gasteiger partial charge in [0.15, 0.2) is 11.5 Å². The van der Waals surface area contributed by atoms with Gasteiger partial charge in [-0.2, -0.15) is 0 Å². The molecule has 0 radical (unpaired) electrons. The van der Waals surface area contributed by atoms with Crippen molar-refractivity contribution in [3.63, 3.8) is 0 Å². The number of rotatable bonds is 6. The maximum Gasteiger partial charge on any atom is 0.165 e. The zero-order chi connectivity index (χ0) is 14.4. The molecule has 0 spiro atoms. The fourth-order valence-electron chi connectivity index (χ4n) is 1.77. The second-order valence-corrected chi connectivity index (χ2v) is 5.03. The second-order valence-electron chi connectivity index (χ2n) is 4.07. The number of halogens is 2. The number of alkyl halides is 1. The van der Waals surface area contributed by atoms with E-state index < -0.39 is 0 Å².